The van der Waals surface area contributed by atoms with Crippen LogP contribution >= 0.6 is 12.4 Å². The smallest absolute Gasteiger partial charge is 0.233 e. The average molecular weight is 306 g/mol. The van der Waals surface area contributed by atoms with Gasteiger partial charge in [-0.25, -0.2) is 0 Å². The van der Waals surface area contributed by atoms with Gasteiger partial charge in [-0.1, -0.05) is 35.5 Å². The predicted molar refractivity (Wildman–Crippen MR) is 82.3 cm³/mol. The molecule has 5 heteroatoms. The van der Waals surface area contributed by atoms with Gasteiger partial charge in [-0.3, -0.25) is 0 Å². The van der Waals surface area contributed by atoms with E-state index in [1.807, 2.05) is 6.07 Å². The van der Waals surface area contributed by atoms with Crippen LogP contribution in [0.3, 0.4) is 0 Å². The van der Waals surface area contributed by atoms with Gasteiger partial charge in [0.1, 0.15) is 0 Å². The monoisotopic (exact) mass is 305 g/mol. The largest absolute Gasteiger partial charge is 0.339 e. The lowest BCUT2D eigenvalue weighted by molar-refractivity contribution is 0.228. The molecule has 2 fully saturated rings. The third-order valence-electron chi connectivity index (χ3n) is 4.81. The molecule has 0 amide bonds. The number of halogens is 1. The number of nitrogens with zero attached hydrogens (tertiary/aromatic N) is 2. The molecule has 21 heavy (non-hydrogen) atoms. The van der Waals surface area contributed by atoms with Crippen LogP contribution < -0.4 is 5.73 Å². The average Bonchev–Trinajstić information content (AvgIpc) is 3.03. The van der Waals surface area contributed by atoms with E-state index in [9.17, 15) is 0 Å². The highest BCUT2D eigenvalue weighted by Gasteiger charge is 2.50. The zero-order chi connectivity index (χ0) is 13.6. The van der Waals surface area contributed by atoms with Gasteiger partial charge in [-0.15, -0.1) is 12.4 Å². The normalized spacial score (nSPS) is 21.2. The molecule has 0 radical (unpaired) electrons. The Morgan fingerprint density at radius 2 is 1.81 bits per heavy atom. The van der Waals surface area contributed by atoms with Crippen molar-refractivity contribution in [3.63, 3.8) is 0 Å². The summed E-state index contributed by atoms with van der Waals surface area (Å²) < 4.78 is 5.55. The van der Waals surface area contributed by atoms with Crippen molar-refractivity contribution in [3.05, 3.63) is 47.6 Å². The van der Waals surface area contributed by atoms with Crippen LogP contribution in [0.5, 0.6) is 0 Å². The minimum atomic E-state index is -0.329. The summed E-state index contributed by atoms with van der Waals surface area (Å²) in [5.41, 5.74) is 7.33. The minimum Gasteiger partial charge on any atom is -0.339 e. The Morgan fingerprint density at radius 3 is 2.38 bits per heavy atom. The molecule has 2 N–H and O–H groups in total. The molecule has 2 saturated carbocycles. The van der Waals surface area contributed by atoms with E-state index < -0.39 is 0 Å². The summed E-state index contributed by atoms with van der Waals surface area (Å²) in [4.78, 5) is 4.63. The first-order valence-electron chi connectivity index (χ1n) is 7.38. The van der Waals surface area contributed by atoms with Gasteiger partial charge in [0.15, 0.2) is 5.82 Å². The van der Waals surface area contributed by atoms with Crippen molar-refractivity contribution >= 4 is 12.4 Å². The molecule has 4 rings (SSSR count). The summed E-state index contributed by atoms with van der Waals surface area (Å²) >= 11 is 0. The highest BCUT2D eigenvalue weighted by molar-refractivity contribution is 5.85. The van der Waals surface area contributed by atoms with E-state index in [0.29, 0.717) is 5.82 Å². The zero-order valence-corrected chi connectivity index (χ0v) is 12.7. The fraction of sp³-hybridized carbons (Fsp3) is 0.500. The van der Waals surface area contributed by atoms with Gasteiger partial charge in [0.05, 0.1) is 11.0 Å². The molecule has 0 atom stereocenters. The lowest BCUT2D eigenvalue weighted by atomic mass is 9.77. The summed E-state index contributed by atoms with van der Waals surface area (Å²) in [5.74, 6) is 1.49. The van der Waals surface area contributed by atoms with Crippen molar-refractivity contribution in [1.29, 1.82) is 0 Å². The van der Waals surface area contributed by atoms with Gasteiger partial charge >= 0.3 is 0 Å². The molecular weight excluding hydrogens is 286 g/mol. The fourth-order valence-corrected chi connectivity index (χ4v) is 3.03. The summed E-state index contributed by atoms with van der Waals surface area (Å²) in [6, 6.07) is 10.5. The molecule has 2 aromatic rings. The van der Waals surface area contributed by atoms with Crippen LogP contribution in [0.4, 0.5) is 0 Å². The maximum atomic E-state index is 6.27. The molecule has 1 aromatic carbocycles. The topological polar surface area (TPSA) is 64.9 Å². The molecule has 0 unspecified atom stereocenters. The molecule has 112 valence electrons. The number of rotatable bonds is 4. The van der Waals surface area contributed by atoms with Crippen molar-refractivity contribution in [2.24, 2.45) is 5.73 Å². The highest BCUT2D eigenvalue weighted by atomic mass is 35.5. The number of nitrogens with two attached hydrogens (primary N) is 1. The van der Waals surface area contributed by atoms with Crippen LogP contribution in [0.15, 0.2) is 34.9 Å². The Bertz CT molecular complexity index is 617. The standard InChI is InChI=1S/C16H19N3O.ClH/c17-16(7-4-8-16)13-18-14(20-19-13)15(9-10-15)11-12-5-2-1-3-6-12;/h1-3,5-6H,4,7-11,17H2;1H. The summed E-state index contributed by atoms with van der Waals surface area (Å²) in [6.45, 7) is 0. The van der Waals surface area contributed by atoms with Gasteiger partial charge in [0, 0.05) is 0 Å². The Labute approximate surface area is 130 Å². The van der Waals surface area contributed by atoms with Crippen LogP contribution in [0.1, 0.15) is 49.4 Å². The van der Waals surface area contributed by atoms with Crippen molar-refractivity contribution in [3.8, 4) is 0 Å². The lowest BCUT2D eigenvalue weighted by Crippen LogP contribution is -2.44. The quantitative estimate of drug-likeness (QED) is 0.942. The Morgan fingerprint density at radius 1 is 1.10 bits per heavy atom. The molecular formula is C16H20ClN3O. The van der Waals surface area contributed by atoms with E-state index in [4.69, 9.17) is 10.3 Å². The first-order valence-corrected chi connectivity index (χ1v) is 7.38. The Hall–Kier alpha value is -1.39. The van der Waals surface area contributed by atoms with E-state index in [-0.39, 0.29) is 23.4 Å². The first kappa shape index (κ1) is 14.5. The second-order valence-corrected chi connectivity index (χ2v) is 6.38. The first-order chi connectivity index (χ1) is 9.70. The van der Waals surface area contributed by atoms with Crippen molar-refractivity contribution in [2.45, 2.75) is 49.5 Å². The van der Waals surface area contributed by atoms with Crippen LogP contribution in [-0.4, -0.2) is 10.1 Å². The van der Waals surface area contributed by atoms with Crippen molar-refractivity contribution in [1.82, 2.24) is 10.1 Å². The van der Waals surface area contributed by atoms with Crippen molar-refractivity contribution < 1.29 is 4.52 Å². The minimum absolute atomic E-state index is 0. The van der Waals surface area contributed by atoms with Crippen molar-refractivity contribution in [2.75, 3.05) is 0 Å². The molecule has 0 bridgehead atoms. The molecule has 4 nitrogen and oxygen atoms in total. The second-order valence-electron chi connectivity index (χ2n) is 6.38. The van der Waals surface area contributed by atoms with Gasteiger partial charge < -0.3 is 10.3 Å². The summed E-state index contributed by atoms with van der Waals surface area (Å²) in [5, 5.41) is 4.15. The third-order valence-corrected chi connectivity index (χ3v) is 4.81. The Balaban J connectivity index is 0.00000132. The molecule has 1 heterocycles. The second kappa shape index (κ2) is 5.11. The fourth-order valence-electron chi connectivity index (χ4n) is 3.03. The zero-order valence-electron chi connectivity index (χ0n) is 11.9. The maximum absolute atomic E-state index is 6.27. The van der Waals surface area contributed by atoms with Crippen LogP contribution in [0, 0.1) is 0 Å². The van der Waals surface area contributed by atoms with Crippen LogP contribution in [-0.2, 0) is 17.4 Å². The van der Waals surface area contributed by atoms with E-state index in [0.717, 1.165) is 44.4 Å². The number of benzene rings is 1. The molecule has 0 aliphatic heterocycles. The van der Waals surface area contributed by atoms with E-state index >= 15 is 0 Å². The molecule has 1 aromatic heterocycles. The maximum Gasteiger partial charge on any atom is 0.233 e. The highest BCUT2D eigenvalue weighted by Crippen LogP contribution is 2.50. The molecule has 2 aliphatic rings. The van der Waals surface area contributed by atoms with Crippen LogP contribution in [0.25, 0.3) is 0 Å². The number of hydrogen-bond donors (Lipinski definition) is 1. The van der Waals surface area contributed by atoms with Gasteiger partial charge in [-0.05, 0) is 44.1 Å². The number of aromatic nitrogens is 2. The van der Waals surface area contributed by atoms with E-state index in [2.05, 4.69) is 34.4 Å². The van der Waals surface area contributed by atoms with E-state index in [1.165, 1.54) is 5.56 Å². The molecule has 2 aliphatic carbocycles. The predicted octanol–water partition coefficient (Wildman–Crippen LogP) is 3.10. The molecule has 0 saturated heterocycles. The van der Waals surface area contributed by atoms with Gasteiger partial charge in [0.25, 0.3) is 0 Å². The SMILES string of the molecule is Cl.NC1(c2noc(C3(Cc4ccccc4)CC3)n2)CCC1. The third kappa shape index (κ3) is 2.47. The van der Waals surface area contributed by atoms with Crippen LogP contribution in [0.2, 0.25) is 0 Å². The lowest BCUT2D eigenvalue weighted by Gasteiger charge is -2.34. The summed E-state index contributed by atoms with van der Waals surface area (Å²) in [6.07, 6.45) is 6.33. The molecule has 0 spiro atoms. The summed E-state index contributed by atoms with van der Waals surface area (Å²) in [7, 11) is 0. The Kier molecular flexibility index (Phi) is 3.54. The number of hydrogen-bond acceptors (Lipinski definition) is 4. The van der Waals surface area contributed by atoms with Gasteiger partial charge in [-0.2, -0.15) is 4.98 Å². The van der Waals surface area contributed by atoms with Gasteiger partial charge in [0.2, 0.25) is 5.89 Å². The van der Waals surface area contributed by atoms with E-state index in [1.54, 1.807) is 0 Å².